The molecule has 0 radical (unpaired) electrons. The normalized spacial score (nSPS) is 12.4. The summed E-state index contributed by atoms with van der Waals surface area (Å²) in [6, 6.07) is 19.3. The summed E-state index contributed by atoms with van der Waals surface area (Å²) in [5.74, 6) is -0.321. The predicted octanol–water partition coefficient (Wildman–Crippen LogP) is -1.51. The topological polar surface area (TPSA) is 109 Å². The van der Waals surface area contributed by atoms with Crippen molar-refractivity contribution in [3.8, 4) is 0 Å². The molecule has 28 heavy (non-hydrogen) atoms. The summed E-state index contributed by atoms with van der Waals surface area (Å²) in [6.45, 7) is 0. The fourth-order valence-corrected chi connectivity index (χ4v) is 35.0. The van der Waals surface area contributed by atoms with Crippen molar-refractivity contribution in [2.24, 2.45) is 0 Å². The first-order chi connectivity index (χ1) is 12.6. The molecule has 2 aromatic carbocycles. The van der Waals surface area contributed by atoms with Gasteiger partial charge < -0.3 is 0 Å². The Morgan fingerprint density at radius 2 is 1.00 bits per heavy atom. The molecule has 2 aromatic rings. The molecule has 0 saturated carbocycles. The molecule has 148 valence electrons. The van der Waals surface area contributed by atoms with Gasteiger partial charge in [0.25, 0.3) is 0 Å². The number of benzene rings is 2. The first-order valence-corrected chi connectivity index (χ1v) is 23.0. The molecule has 0 aliphatic carbocycles. The minimum Gasteiger partial charge on any atom is 1.00 e. The molecule has 0 fully saturated rings. The Morgan fingerprint density at radius 3 is 1.29 bits per heavy atom. The largest absolute Gasteiger partial charge is 1.00 e. The van der Waals surface area contributed by atoms with E-state index >= 15 is 0 Å². The molecule has 6 nitrogen and oxygen atoms in total. The van der Waals surface area contributed by atoms with E-state index in [2.05, 4.69) is 0 Å². The molecule has 2 N–H and O–H groups in total. The maximum atomic E-state index is 11.2. The van der Waals surface area contributed by atoms with Gasteiger partial charge in [0.15, 0.2) is 0 Å². The Hall–Kier alpha value is 0.759. The van der Waals surface area contributed by atoms with Crippen LogP contribution in [-0.2, 0) is 20.2 Å². The van der Waals surface area contributed by atoms with Crippen molar-refractivity contribution in [2.45, 2.75) is 0 Å². The van der Waals surface area contributed by atoms with E-state index in [1.54, 1.807) is 0 Å². The quantitative estimate of drug-likeness (QED) is 0.259. The van der Waals surface area contributed by atoms with E-state index < -0.39 is 35.8 Å². The monoisotopic (exact) mass is 579 g/mol. The van der Waals surface area contributed by atoms with Gasteiger partial charge in [-0.2, -0.15) is 0 Å². The average molecular weight is 578 g/mol. The molecule has 0 heterocycles. The molecule has 2 rings (SSSR count). The summed E-state index contributed by atoms with van der Waals surface area (Å²) in [7, 11) is -5.15. The predicted molar refractivity (Wildman–Crippen MR) is 116 cm³/mol. The third kappa shape index (κ3) is 8.86. The first-order valence-electron chi connectivity index (χ1n) is 7.92. The summed E-state index contributed by atoms with van der Waals surface area (Å²) in [4.78, 5) is 0. The summed E-state index contributed by atoms with van der Waals surface area (Å²) in [6.07, 6.45) is 0. The van der Waals surface area contributed by atoms with Crippen molar-refractivity contribution in [1.82, 2.24) is 0 Å². The molecule has 0 atom stereocenters. The average Bonchev–Trinajstić information content (AvgIpc) is 2.60. The number of hydrogen-bond acceptors (Lipinski definition) is 6. The van der Waals surface area contributed by atoms with E-state index in [0.717, 1.165) is 7.16 Å². The number of rotatable bonds is 10. The number of hydrogen-bond donors (Lipinski definition) is 2. The van der Waals surface area contributed by atoms with Gasteiger partial charge in [-0.1, -0.05) is 0 Å². The van der Waals surface area contributed by atoms with Crippen LogP contribution in [0.5, 0.6) is 0 Å². The first kappa shape index (κ1) is 26.8. The Labute approximate surface area is 197 Å². The summed E-state index contributed by atoms with van der Waals surface area (Å²) in [5, 5.41) is 0. The van der Waals surface area contributed by atoms with E-state index in [1.165, 1.54) is 17.9 Å². The van der Waals surface area contributed by atoms with Crippen LogP contribution in [0, 0.1) is 0 Å². The minimum atomic E-state index is -4.09. The van der Waals surface area contributed by atoms with Crippen LogP contribution in [-0.4, -0.2) is 64.6 Å². The zero-order chi connectivity index (χ0) is 20.0. The van der Waals surface area contributed by atoms with Crippen LogP contribution in [0.4, 0.5) is 0 Å². The fraction of sp³-hybridized carbons (Fsp3) is 0.250. The Balaban J connectivity index is 0.00000392. The molecule has 0 aliphatic rings. The third-order valence-corrected chi connectivity index (χ3v) is 35.0. The maximum Gasteiger partial charge on any atom is 1.00 e. The zero-order valence-corrected chi connectivity index (χ0v) is 23.4. The van der Waals surface area contributed by atoms with E-state index in [9.17, 15) is 16.8 Å². The molecule has 0 spiro atoms. The molecular formula is C16H20NaO6S4Sn+. The van der Waals surface area contributed by atoms with Crippen LogP contribution in [0.1, 0.15) is 0 Å². The Kier molecular flexibility index (Phi) is 11.4. The second kappa shape index (κ2) is 12.0. The van der Waals surface area contributed by atoms with Crippen LogP contribution in [0.15, 0.2) is 60.7 Å². The van der Waals surface area contributed by atoms with E-state index in [-0.39, 0.29) is 52.6 Å². The smallest absolute Gasteiger partial charge is 1.00 e. The standard InChI is InChI=1S/2C6H5.2C2H6O3S2.Na.Sn/c2*1-2-4-6-5-3-1;2*3-7(4,5)2-1-6;;/h2*1-5H;2*6H,1-2H2,(H,3,4,5);;/q;;;;+1;+2/p-2. The molecule has 0 unspecified atom stereocenters. The van der Waals surface area contributed by atoms with Gasteiger partial charge in [0.2, 0.25) is 0 Å². The summed E-state index contributed by atoms with van der Waals surface area (Å²) < 4.78 is 65.1. The molecule has 0 saturated heterocycles. The van der Waals surface area contributed by atoms with Crippen molar-refractivity contribution < 1.29 is 55.5 Å². The van der Waals surface area contributed by atoms with Crippen LogP contribution in [0.2, 0.25) is 0 Å². The van der Waals surface area contributed by atoms with Gasteiger partial charge in [-0.05, 0) is 0 Å². The van der Waals surface area contributed by atoms with E-state index in [1.807, 2.05) is 60.7 Å². The summed E-state index contributed by atoms with van der Waals surface area (Å²) >= 11 is -3.62. The van der Waals surface area contributed by atoms with Gasteiger partial charge in [0.1, 0.15) is 0 Å². The van der Waals surface area contributed by atoms with Crippen LogP contribution in [0.25, 0.3) is 0 Å². The third-order valence-electron chi connectivity index (χ3n) is 3.60. The zero-order valence-electron chi connectivity index (χ0n) is 15.3. The second-order valence-electron chi connectivity index (χ2n) is 5.62. The fourth-order valence-electron chi connectivity index (χ4n) is 2.44. The van der Waals surface area contributed by atoms with Gasteiger partial charge in [0.05, 0.1) is 0 Å². The second-order valence-corrected chi connectivity index (χ2v) is 31.9. The van der Waals surface area contributed by atoms with Gasteiger partial charge in [-0.15, -0.1) is 0 Å². The maximum absolute atomic E-state index is 11.2. The van der Waals surface area contributed by atoms with Crippen molar-refractivity contribution in [2.75, 3.05) is 23.0 Å². The van der Waals surface area contributed by atoms with Gasteiger partial charge in [-0.3, -0.25) is 0 Å². The van der Waals surface area contributed by atoms with Crippen molar-refractivity contribution in [3.63, 3.8) is 0 Å². The molecule has 0 amide bonds. The van der Waals surface area contributed by atoms with Crippen molar-refractivity contribution in [3.05, 3.63) is 60.7 Å². The molecule has 0 aromatic heterocycles. The minimum absolute atomic E-state index is 0. The van der Waals surface area contributed by atoms with E-state index in [4.69, 9.17) is 9.11 Å². The van der Waals surface area contributed by atoms with E-state index in [0.29, 0.717) is 0 Å². The van der Waals surface area contributed by atoms with Crippen molar-refractivity contribution in [1.29, 1.82) is 0 Å². The molecular weight excluding hydrogens is 558 g/mol. The molecule has 0 bridgehead atoms. The molecule has 0 aliphatic heterocycles. The Morgan fingerprint density at radius 1 is 0.679 bits per heavy atom. The van der Waals surface area contributed by atoms with Crippen LogP contribution >= 0.6 is 17.9 Å². The Bertz CT molecular complexity index is 860. The van der Waals surface area contributed by atoms with Crippen molar-refractivity contribution >= 4 is 60.9 Å². The summed E-state index contributed by atoms with van der Waals surface area (Å²) in [5.41, 5.74) is 0. The SMILES string of the molecule is O=S(=O)(O)CC[S][Sn]([S]CCS(=O)(=O)O)([c]1ccccc1)[c]1ccccc1.[Na+]. The van der Waals surface area contributed by atoms with Gasteiger partial charge in [-0.25, -0.2) is 0 Å². The van der Waals surface area contributed by atoms with Crippen LogP contribution in [0.3, 0.4) is 0 Å². The van der Waals surface area contributed by atoms with Gasteiger partial charge in [0, 0.05) is 0 Å². The van der Waals surface area contributed by atoms with Gasteiger partial charge >= 0.3 is 200 Å². The van der Waals surface area contributed by atoms with Crippen LogP contribution < -0.4 is 36.7 Å². The molecule has 12 heteroatoms.